The Bertz CT molecular complexity index is 334. The summed E-state index contributed by atoms with van der Waals surface area (Å²) in [6.45, 7) is 0.816. The van der Waals surface area contributed by atoms with E-state index in [1.54, 1.807) is 0 Å². The summed E-state index contributed by atoms with van der Waals surface area (Å²) in [5, 5.41) is 11.5. The highest BCUT2D eigenvalue weighted by Crippen LogP contribution is 2.59. The van der Waals surface area contributed by atoms with Crippen LogP contribution >= 0.6 is 0 Å². The summed E-state index contributed by atoms with van der Waals surface area (Å²) in [5.41, 5.74) is 0.389. The van der Waals surface area contributed by atoms with Crippen LogP contribution in [0, 0.1) is 34.5 Å². The summed E-state index contributed by atoms with van der Waals surface area (Å²) in [6, 6.07) is 1.91. The number of rotatable bonds is 3. The highest BCUT2D eigenvalue weighted by molar-refractivity contribution is 5.77. The largest absolute Gasteiger partial charge is 0.355 e. The molecule has 3 nitrogen and oxygen atoms in total. The number of nitriles is 1. The molecule has 0 saturated heterocycles. The van der Waals surface area contributed by atoms with Crippen molar-refractivity contribution in [3.8, 4) is 6.07 Å². The Morgan fingerprint density at radius 3 is 2.18 bits per heavy atom. The first kappa shape index (κ1) is 11.1. The van der Waals surface area contributed by atoms with Gasteiger partial charge in [0.2, 0.25) is 5.91 Å². The smallest absolute Gasteiger partial charge is 0.234 e. The van der Waals surface area contributed by atoms with Gasteiger partial charge in [0, 0.05) is 6.54 Å². The van der Waals surface area contributed by atoms with Crippen LogP contribution in [0.4, 0.5) is 0 Å². The van der Waals surface area contributed by atoms with E-state index < -0.39 is 0 Å². The molecule has 92 valence electrons. The van der Waals surface area contributed by atoms with Gasteiger partial charge in [-0.15, -0.1) is 0 Å². The Morgan fingerprint density at radius 1 is 1.18 bits per heavy atom. The molecule has 4 fully saturated rings. The van der Waals surface area contributed by atoms with Gasteiger partial charge in [0.1, 0.15) is 6.42 Å². The lowest BCUT2D eigenvalue weighted by atomic mass is 9.49. The van der Waals surface area contributed by atoms with Crippen LogP contribution in [0.25, 0.3) is 0 Å². The Morgan fingerprint density at radius 2 is 1.71 bits per heavy atom. The molecule has 3 heteroatoms. The van der Waals surface area contributed by atoms with Crippen molar-refractivity contribution < 1.29 is 4.79 Å². The lowest BCUT2D eigenvalue weighted by Gasteiger charge is -2.56. The SMILES string of the molecule is N#CCC(=O)NCC12CC3CC(CC(C3)C1)C2. The fourth-order valence-corrected chi connectivity index (χ4v) is 4.93. The van der Waals surface area contributed by atoms with Crippen LogP contribution in [-0.4, -0.2) is 12.5 Å². The molecule has 4 aliphatic rings. The third kappa shape index (κ3) is 2.06. The number of carbonyl (C=O) groups excluding carboxylic acids is 1. The number of hydrogen-bond donors (Lipinski definition) is 1. The first-order valence-electron chi connectivity index (χ1n) is 6.83. The third-order valence-electron chi connectivity index (χ3n) is 5.07. The maximum Gasteiger partial charge on any atom is 0.234 e. The van der Waals surface area contributed by atoms with E-state index in [0.29, 0.717) is 5.41 Å². The van der Waals surface area contributed by atoms with E-state index in [-0.39, 0.29) is 12.3 Å². The Balaban J connectivity index is 1.63. The summed E-state index contributed by atoms with van der Waals surface area (Å²) in [4.78, 5) is 11.4. The van der Waals surface area contributed by atoms with Crippen molar-refractivity contribution in [1.82, 2.24) is 5.32 Å². The van der Waals surface area contributed by atoms with Crippen LogP contribution in [0.2, 0.25) is 0 Å². The number of nitrogens with one attached hydrogen (secondary N) is 1. The zero-order valence-electron chi connectivity index (χ0n) is 10.2. The van der Waals surface area contributed by atoms with Crippen LogP contribution in [-0.2, 0) is 4.79 Å². The number of amides is 1. The molecule has 17 heavy (non-hydrogen) atoms. The summed E-state index contributed by atoms with van der Waals surface area (Å²) >= 11 is 0. The monoisotopic (exact) mass is 232 g/mol. The zero-order chi connectivity index (χ0) is 11.9. The number of hydrogen-bond acceptors (Lipinski definition) is 2. The molecule has 0 aliphatic heterocycles. The topological polar surface area (TPSA) is 52.9 Å². The predicted octanol–water partition coefficient (Wildman–Crippen LogP) is 2.23. The van der Waals surface area contributed by atoms with E-state index in [1.165, 1.54) is 38.5 Å². The summed E-state index contributed by atoms with van der Waals surface area (Å²) < 4.78 is 0. The first-order chi connectivity index (χ1) is 8.19. The van der Waals surface area contributed by atoms with Gasteiger partial charge in [-0.05, 0) is 61.7 Å². The molecule has 0 heterocycles. The quantitative estimate of drug-likeness (QED) is 0.811. The van der Waals surface area contributed by atoms with Crippen molar-refractivity contribution in [2.24, 2.45) is 23.2 Å². The van der Waals surface area contributed by atoms with Crippen molar-refractivity contribution in [3.63, 3.8) is 0 Å². The lowest BCUT2D eigenvalue weighted by molar-refractivity contribution is -0.122. The standard InChI is InChI=1S/C14H20N2O/c15-2-1-13(17)16-9-14-6-10-3-11(7-14)5-12(4-10)8-14/h10-12H,1,3-9H2,(H,16,17). The van der Waals surface area contributed by atoms with Crippen LogP contribution in [0.1, 0.15) is 44.9 Å². The van der Waals surface area contributed by atoms with Gasteiger partial charge in [0.05, 0.1) is 6.07 Å². The normalized spacial score (nSPS) is 42.2. The second-order valence-corrected chi connectivity index (χ2v) is 6.53. The minimum absolute atomic E-state index is 0.00632. The predicted molar refractivity (Wildman–Crippen MR) is 63.8 cm³/mol. The van der Waals surface area contributed by atoms with Crippen molar-refractivity contribution in [1.29, 1.82) is 5.26 Å². The Hall–Kier alpha value is -1.04. The number of nitrogens with zero attached hydrogens (tertiary/aromatic N) is 1. The number of carbonyl (C=O) groups is 1. The molecule has 0 aromatic rings. The fraction of sp³-hybridized carbons (Fsp3) is 0.857. The van der Waals surface area contributed by atoms with Crippen LogP contribution in [0.3, 0.4) is 0 Å². The third-order valence-corrected chi connectivity index (χ3v) is 5.07. The minimum atomic E-state index is -0.0942. The maximum atomic E-state index is 11.4. The highest BCUT2D eigenvalue weighted by Gasteiger charge is 2.50. The van der Waals surface area contributed by atoms with Gasteiger partial charge < -0.3 is 5.32 Å². The van der Waals surface area contributed by atoms with E-state index in [1.807, 2.05) is 6.07 Å². The van der Waals surface area contributed by atoms with Crippen molar-refractivity contribution in [3.05, 3.63) is 0 Å². The van der Waals surface area contributed by atoms with E-state index in [9.17, 15) is 4.79 Å². The van der Waals surface area contributed by atoms with Gasteiger partial charge in [-0.1, -0.05) is 0 Å². The second kappa shape index (κ2) is 4.01. The van der Waals surface area contributed by atoms with E-state index in [0.717, 1.165) is 24.3 Å². The first-order valence-corrected chi connectivity index (χ1v) is 6.83. The molecule has 4 aliphatic carbocycles. The molecule has 4 saturated carbocycles. The summed E-state index contributed by atoms with van der Waals surface area (Å²) in [7, 11) is 0. The average molecular weight is 232 g/mol. The molecule has 0 aromatic carbocycles. The van der Waals surface area contributed by atoms with E-state index in [4.69, 9.17) is 5.26 Å². The molecule has 0 atom stereocenters. The summed E-state index contributed by atoms with van der Waals surface area (Å²) in [6.07, 6.45) is 8.25. The van der Waals surface area contributed by atoms with Crippen molar-refractivity contribution in [2.75, 3.05) is 6.54 Å². The molecule has 0 radical (unpaired) electrons. The van der Waals surface area contributed by atoms with Gasteiger partial charge in [-0.3, -0.25) is 4.79 Å². The maximum absolute atomic E-state index is 11.4. The molecule has 0 unspecified atom stereocenters. The van der Waals surface area contributed by atoms with Gasteiger partial charge in [-0.25, -0.2) is 0 Å². The minimum Gasteiger partial charge on any atom is -0.355 e. The molecule has 4 bridgehead atoms. The van der Waals surface area contributed by atoms with Crippen molar-refractivity contribution >= 4 is 5.91 Å². The van der Waals surface area contributed by atoms with Gasteiger partial charge >= 0.3 is 0 Å². The van der Waals surface area contributed by atoms with E-state index >= 15 is 0 Å². The molecule has 0 spiro atoms. The van der Waals surface area contributed by atoms with Crippen LogP contribution in [0.15, 0.2) is 0 Å². The molecular weight excluding hydrogens is 212 g/mol. The Kier molecular flexibility index (Phi) is 2.61. The summed E-state index contributed by atoms with van der Waals surface area (Å²) in [5.74, 6) is 2.68. The molecule has 4 rings (SSSR count). The zero-order valence-corrected chi connectivity index (χ0v) is 10.2. The lowest BCUT2D eigenvalue weighted by Crippen LogP contribution is -2.51. The average Bonchev–Trinajstić information content (AvgIpc) is 2.25. The van der Waals surface area contributed by atoms with Gasteiger partial charge in [0.25, 0.3) is 0 Å². The van der Waals surface area contributed by atoms with Crippen LogP contribution in [0.5, 0.6) is 0 Å². The highest BCUT2D eigenvalue weighted by atomic mass is 16.1. The van der Waals surface area contributed by atoms with E-state index in [2.05, 4.69) is 5.32 Å². The van der Waals surface area contributed by atoms with Crippen LogP contribution < -0.4 is 5.32 Å². The molecule has 1 N–H and O–H groups in total. The molecule has 0 aromatic heterocycles. The van der Waals surface area contributed by atoms with Gasteiger partial charge in [-0.2, -0.15) is 5.26 Å². The second-order valence-electron chi connectivity index (χ2n) is 6.53. The Labute approximate surface area is 103 Å². The van der Waals surface area contributed by atoms with Crippen molar-refractivity contribution in [2.45, 2.75) is 44.9 Å². The molecular formula is C14H20N2O. The fourth-order valence-electron chi connectivity index (χ4n) is 4.93. The molecule has 1 amide bonds. The van der Waals surface area contributed by atoms with Gasteiger partial charge in [0.15, 0.2) is 0 Å².